The van der Waals surface area contributed by atoms with Gasteiger partial charge in [-0.25, -0.2) is 9.59 Å². The molecule has 4 N–H and O–H groups in total. The van der Waals surface area contributed by atoms with Crippen molar-refractivity contribution in [3.05, 3.63) is 29.8 Å². The van der Waals surface area contributed by atoms with Gasteiger partial charge in [-0.2, -0.15) is 13.2 Å². The lowest BCUT2D eigenvalue weighted by Gasteiger charge is -2.27. The number of amides is 2. The topological polar surface area (TPSA) is 90.5 Å². The number of carboxylic acids is 1. The predicted octanol–water partition coefficient (Wildman–Crippen LogP) is 5.10. The number of hydrogen-bond acceptors (Lipinski definition) is 3. The molecule has 1 saturated heterocycles. The Morgan fingerprint density at radius 1 is 1.00 bits per heavy atom. The summed E-state index contributed by atoms with van der Waals surface area (Å²) in [6.07, 6.45) is 6.88. The first-order valence-corrected chi connectivity index (χ1v) is 10.9. The number of carbonyl (C=O) groups excluding carboxylic acids is 1. The highest BCUT2D eigenvalue weighted by molar-refractivity contribution is 5.89. The number of aliphatic carboxylic acids is 1. The number of carboxylic acid groups (broad SMARTS) is 1. The van der Waals surface area contributed by atoms with Crippen LogP contribution in [0.1, 0.15) is 63.9 Å². The fraction of sp³-hybridized carbons (Fsp3) is 0.636. The van der Waals surface area contributed by atoms with Crippen molar-refractivity contribution in [1.82, 2.24) is 10.6 Å². The number of nitrogens with one attached hydrogen (secondary N) is 3. The average molecular weight is 446 g/mol. The maximum Gasteiger partial charge on any atom is 0.490 e. The summed E-state index contributed by atoms with van der Waals surface area (Å²) in [5.41, 5.74) is 2.22. The maximum atomic E-state index is 11.8. The Morgan fingerprint density at radius 2 is 1.52 bits per heavy atom. The van der Waals surface area contributed by atoms with Crippen LogP contribution >= 0.6 is 0 Å². The van der Waals surface area contributed by atoms with Crippen LogP contribution in [0.25, 0.3) is 0 Å². The standard InChI is InChI=1S/C20H33N3O.C2HF3O2/c1-2-3-4-5-6-7-8-9-10-17-11-13-18(14-12-17)22-20(24)23-19-15-21-16-19;3-2(4,5)1(6)7/h11-14,19,21H,2-10,15-16H2,1H3,(H2,22,23,24);(H,6,7). The van der Waals surface area contributed by atoms with Gasteiger partial charge < -0.3 is 21.1 Å². The summed E-state index contributed by atoms with van der Waals surface area (Å²) in [5.74, 6) is -2.76. The monoisotopic (exact) mass is 445 g/mol. The molecule has 0 radical (unpaired) electrons. The molecule has 1 aromatic carbocycles. The second-order valence-corrected chi connectivity index (χ2v) is 7.68. The van der Waals surface area contributed by atoms with Gasteiger partial charge in [0.2, 0.25) is 0 Å². The zero-order chi connectivity index (χ0) is 23.1. The molecule has 0 aromatic heterocycles. The molecule has 0 aliphatic carbocycles. The minimum absolute atomic E-state index is 0.114. The third-order valence-corrected chi connectivity index (χ3v) is 4.89. The van der Waals surface area contributed by atoms with Gasteiger partial charge in [0.15, 0.2) is 0 Å². The lowest BCUT2D eigenvalue weighted by Crippen LogP contribution is -2.57. The molecule has 1 aliphatic rings. The molecule has 0 bridgehead atoms. The fourth-order valence-electron chi connectivity index (χ4n) is 2.96. The lowest BCUT2D eigenvalue weighted by atomic mass is 10.0. The summed E-state index contributed by atoms with van der Waals surface area (Å²) < 4.78 is 31.7. The maximum absolute atomic E-state index is 11.8. The second-order valence-electron chi connectivity index (χ2n) is 7.68. The van der Waals surface area contributed by atoms with Crippen LogP contribution in [0.3, 0.4) is 0 Å². The van der Waals surface area contributed by atoms with Gasteiger partial charge in [-0.05, 0) is 30.5 Å². The Labute approximate surface area is 182 Å². The number of alkyl halides is 3. The van der Waals surface area contributed by atoms with E-state index in [0.717, 1.165) is 25.2 Å². The van der Waals surface area contributed by atoms with Crippen LogP contribution in [0.15, 0.2) is 24.3 Å². The fourth-order valence-corrected chi connectivity index (χ4v) is 2.96. The van der Waals surface area contributed by atoms with Crippen molar-refractivity contribution < 1.29 is 27.9 Å². The first-order chi connectivity index (χ1) is 14.7. The molecule has 1 heterocycles. The molecule has 31 heavy (non-hydrogen) atoms. The van der Waals surface area contributed by atoms with E-state index >= 15 is 0 Å². The Hall–Kier alpha value is -2.29. The Bertz CT molecular complexity index is 648. The number of halogens is 3. The number of hydrogen-bond donors (Lipinski definition) is 4. The largest absolute Gasteiger partial charge is 0.490 e. The molecule has 0 saturated carbocycles. The number of rotatable bonds is 11. The van der Waals surface area contributed by atoms with Crippen molar-refractivity contribution in [2.24, 2.45) is 0 Å². The van der Waals surface area contributed by atoms with Crippen molar-refractivity contribution in [2.45, 2.75) is 76.9 Å². The molecule has 1 fully saturated rings. The van der Waals surface area contributed by atoms with Gasteiger partial charge in [0.05, 0.1) is 6.04 Å². The van der Waals surface area contributed by atoms with E-state index in [1.165, 1.54) is 56.9 Å². The third-order valence-electron chi connectivity index (χ3n) is 4.89. The number of aryl methyl sites for hydroxylation is 1. The van der Waals surface area contributed by atoms with Crippen molar-refractivity contribution in [1.29, 1.82) is 0 Å². The smallest absolute Gasteiger partial charge is 0.475 e. The van der Waals surface area contributed by atoms with Gasteiger partial charge >= 0.3 is 18.2 Å². The highest BCUT2D eigenvalue weighted by atomic mass is 19.4. The van der Waals surface area contributed by atoms with Crippen LogP contribution in [0.2, 0.25) is 0 Å². The summed E-state index contributed by atoms with van der Waals surface area (Å²) in [5, 5.41) is 16.1. The molecule has 0 unspecified atom stereocenters. The lowest BCUT2D eigenvalue weighted by molar-refractivity contribution is -0.192. The van der Waals surface area contributed by atoms with Gasteiger partial charge in [0, 0.05) is 18.8 Å². The molecule has 2 rings (SSSR count). The minimum atomic E-state index is -5.08. The molecule has 1 aliphatic heterocycles. The van der Waals surface area contributed by atoms with Crippen LogP contribution in [-0.2, 0) is 11.2 Å². The van der Waals surface area contributed by atoms with E-state index in [0.29, 0.717) is 0 Å². The van der Waals surface area contributed by atoms with E-state index in [1.54, 1.807) is 0 Å². The van der Waals surface area contributed by atoms with Gasteiger partial charge in [-0.3, -0.25) is 0 Å². The Kier molecular flexibility index (Phi) is 12.7. The quantitative estimate of drug-likeness (QED) is 0.357. The molecular formula is C22H34F3N3O3. The normalized spacial score (nSPS) is 13.5. The summed E-state index contributed by atoms with van der Waals surface area (Å²) >= 11 is 0. The minimum Gasteiger partial charge on any atom is -0.475 e. The van der Waals surface area contributed by atoms with Crippen LogP contribution in [-0.4, -0.2) is 42.4 Å². The second kappa shape index (κ2) is 14.7. The van der Waals surface area contributed by atoms with Crippen molar-refractivity contribution in [3.8, 4) is 0 Å². The van der Waals surface area contributed by atoms with Gasteiger partial charge in [-0.15, -0.1) is 0 Å². The first kappa shape index (κ1) is 26.7. The summed E-state index contributed by atoms with van der Waals surface area (Å²) in [4.78, 5) is 20.7. The summed E-state index contributed by atoms with van der Waals surface area (Å²) in [7, 11) is 0. The molecule has 0 atom stereocenters. The van der Waals surface area contributed by atoms with E-state index in [-0.39, 0.29) is 12.1 Å². The van der Waals surface area contributed by atoms with Crippen molar-refractivity contribution in [2.75, 3.05) is 18.4 Å². The number of benzene rings is 1. The van der Waals surface area contributed by atoms with E-state index < -0.39 is 12.1 Å². The first-order valence-electron chi connectivity index (χ1n) is 10.9. The molecule has 9 heteroatoms. The van der Waals surface area contributed by atoms with Gasteiger partial charge in [0.25, 0.3) is 0 Å². The number of anilines is 1. The zero-order valence-corrected chi connectivity index (χ0v) is 18.1. The molecule has 1 aromatic rings. The van der Waals surface area contributed by atoms with E-state index in [1.807, 2.05) is 12.1 Å². The molecule has 2 amide bonds. The van der Waals surface area contributed by atoms with E-state index in [2.05, 4.69) is 35.0 Å². The molecular weight excluding hydrogens is 411 g/mol. The van der Waals surface area contributed by atoms with E-state index in [4.69, 9.17) is 9.90 Å². The van der Waals surface area contributed by atoms with Crippen LogP contribution < -0.4 is 16.0 Å². The van der Waals surface area contributed by atoms with Crippen molar-refractivity contribution >= 4 is 17.7 Å². The van der Waals surface area contributed by atoms with Crippen molar-refractivity contribution in [3.63, 3.8) is 0 Å². The zero-order valence-electron chi connectivity index (χ0n) is 18.1. The number of unbranched alkanes of at least 4 members (excludes halogenated alkanes) is 7. The van der Waals surface area contributed by atoms with Crippen LogP contribution in [0.4, 0.5) is 23.7 Å². The molecule has 6 nitrogen and oxygen atoms in total. The average Bonchev–Trinajstić information content (AvgIpc) is 2.68. The third kappa shape index (κ3) is 12.9. The Balaban J connectivity index is 0.000000592. The number of carbonyl (C=O) groups is 2. The van der Waals surface area contributed by atoms with Crippen LogP contribution in [0.5, 0.6) is 0 Å². The SMILES string of the molecule is CCCCCCCCCCc1ccc(NC(=O)NC2CNC2)cc1.O=C(O)C(F)(F)F. The highest BCUT2D eigenvalue weighted by Gasteiger charge is 2.38. The van der Waals surface area contributed by atoms with Gasteiger partial charge in [-0.1, -0.05) is 64.0 Å². The summed E-state index contributed by atoms with van der Waals surface area (Å²) in [6, 6.07) is 8.41. The van der Waals surface area contributed by atoms with Crippen LogP contribution in [0, 0.1) is 0 Å². The summed E-state index contributed by atoms with van der Waals surface area (Å²) in [6.45, 7) is 4.00. The van der Waals surface area contributed by atoms with Gasteiger partial charge in [0.1, 0.15) is 0 Å². The highest BCUT2D eigenvalue weighted by Crippen LogP contribution is 2.14. The number of urea groups is 1. The molecule has 176 valence electrons. The molecule has 0 spiro atoms. The predicted molar refractivity (Wildman–Crippen MR) is 115 cm³/mol. The van der Waals surface area contributed by atoms with E-state index in [9.17, 15) is 18.0 Å². The Morgan fingerprint density at radius 3 is 1.97 bits per heavy atom.